The second-order valence-electron chi connectivity index (χ2n) is 2.87. The van der Waals surface area contributed by atoms with Crippen molar-refractivity contribution in [1.82, 2.24) is 4.57 Å². The van der Waals surface area contributed by atoms with Crippen LogP contribution in [-0.2, 0) is 6.54 Å². The minimum atomic E-state index is -0.345. The molecular weight excluding hydrogens is 152 g/mol. The van der Waals surface area contributed by atoms with E-state index >= 15 is 0 Å². The van der Waals surface area contributed by atoms with Crippen molar-refractivity contribution >= 4 is 5.91 Å². The molecule has 0 fully saturated rings. The molecule has 0 aliphatic heterocycles. The van der Waals surface area contributed by atoms with Crippen LogP contribution in [0.2, 0.25) is 0 Å². The molecule has 0 atom stereocenters. The van der Waals surface area contributed by atoms with Crippen molar-refractivity contribution in [2.24, 2.45) is 5.73 Å². The van der Waals surface area contributed by atoms with Crippen LogP contribution < -0.4 is 5.73 Å². The summed E-state index contributed by atoms with van der Waals surface area (Å²) >= 11 is 0. The standard InChI is InChI=1S/C9H14N2O/c1-3-5-11-6-4-8(7(11)2)9(10)12/h4,6H,3,5H2,1-2H3,(H2,10,12). The first-order chi connectivity index (χ1) is 5.66. The highest BCUT2D eigenvalue weighted by molar-refractivity contribution is 5.93. The zero-order valence-corrected chi connectivity index (χ0v) is 7.50. The summed E-state index contributed by atoms with van der Waals surface area (Å²) < 4.78 is 2.04. The quantitative estimate of drug-likeness (QED) is 0.723. The maximum Gasteiger partial charge on any atom is 0.250 e. The van der Waals surface area contributed by atoms with Crippen molar-refractivity contribution in [1.29, 1.82) is 0 Å². The van der Waals surface area contributed by atoms with Crippen molar-refractivity contribution in [3.8, 4) is 0 Å². The predicted molar refractivity (Wildman–Crippen MR) is 48.0 cm³/mol. The summed E-state index contributed by atoms with van der Waals surface area (Å²) in [5.74, 6) is -0.345. The number of carbonyl (C=O) groups is 1. The third-order valence-corrected chi connectivity index (χ3v) is 1.97. The van der Waals surface area contributed by atoms with E-state index in [9.17, 15) is 4.79 Å². The molecule has 0 spiro atoms. The van der Waals surface area contributed by atoms with Crippen molar-refractivity contribution in [2.45, 2.75) is 26.8 Å². The number of aryl methyl sites for hydroxylation is 1. The Morgan fingerprint density at radius 3 is 2.75 bits per heavy atom. The molecule has 1 aromatic heterocycles. The van der Waals surface area contributed by atoms with E-state index in [4.69, 9.17) is 5.73 Å². The molecule has 3 nitrogen and oxygen atoms in total. The number of primary amides is 1. The number of amides is 1. The van der Waals surface area contributed by atoms with Gasteiger partial charge in [0.25, 0.3) is 5.91 Å². The minimum Gasteiger partial charge on any atom is -0.366 e. The molecule has 0 unspecified atom stereocenters. The van der Waals surface area contributed by atoms with E-state index in [1.165, 1.54) is 0 Å². The molecular formula is C9H14N2O. The number of rotatable bonds is 3. The molecule has 0 saturated heterocycles. The number of hydrogen-bond acceptors (Lipinski definition) is 1. The molecule has 1 amide bonds. The maximum absolute atomic E-state index is 10.8. The van der Waals surface area contributed by atoms with Crippen LogP contribution in [0.4, 0.5) is 0 Å². The van der Waals surface area contributed by atoms with Crippen LogP contribution in [0, 0.1) is 6.92 Å². The van der Waals surface area contributed by atoms with Gasteiger partial charge in [-0.15, -0.1) is 0 Å². The van der Waals surface area contributed by atoms with Gasteiger partial charge in [-0.1, -0.05) is 6.92 Å². The largest absolute Gasteiger partial charge is 0.366 e. The molecule has 0 aromatic carbocycles. The third kappa shape index (κ3) is 1.49. The molecule has 12 heavy (non-hydrogen) atoms. The van der Waals surface area contributed by atoms with Crippen LogP contribution in [0.15, 0.2) is 12.3 Å². The van der Waals surface area contributed by atoms with E-state index in [0.717, 1.165) is 18.7 Å². The molecule has 0 radical (unpaired) electrons. The average molecular weight is 166 g/mol. The SMILES string of the molecule is CCCn1ccc(C(N)=O)c1C. The van der Waals surface area contributed by atoms with Crippen LogP contribution in [0.25, 0.3) is 0 Å². The lowest BCUT2D eigenvalue weighted by Gasteiger charge is -2.03. The van der Waals surface area contributed by atoms with Crippen molar-refractivity contribution in [3.05, 3.63) is 23.5 Å². The summed E-state index contributed by atoms with van der Waals surface area (Å²) in [5, 5.41) is 0. The number of aromatic nitrogens is 1. The molecule has 2 N–H and O–H groups in total. The lowest BCUT2D eigenvalue weighted by atomic mass is 10.2. The minimum absolute atomic E-state index is 0.345. The van der Waals surface area contributed by atoms with Gasteiger partial charge in [0.15, 0.2) is 0 Å². The second kappa shape index (κ2) is 3.43. The lowest BCUT2D eigenvalue weighted by molar-refractivity contribution is 0.0999. The molecule has 0 aliphatic carbocycles. The Labute approximate surface area is 72.2 Å². The monoisotopic (exact) mass is 166 g/mol. The van der Waals surface area contributed by atoms with Crippen LogP contribution in [0.3, 0.4) is 0 Å². The molecule has 0 saturated carbocycles. The molecule has 1 aromatic rings. The smallest absolute Gasteiger partial charge is 0.250 e. The summed E-state index contributed by atoms with van der Waals surface area (Å²) in [6.07, 6.45) is 2.96. The van der Waals surface area contributed by atoms with E-state index in [2.05, 4.69) is 6.92 Å². The predicted octanol–water partition coefficient (Wildman–Crippen LogP) is 1.31. The van der Waals surface area contributed by atoms with Gasteiger partial charge >= 0.3 is 0 Å². The Balaban J connectivity index is 2.96. The Morgan fingerprint density at radius 1 is 1.67 bits per heavy atom. The van der Waals surface area contributed by atoms with Gasteiger partial charge in [0.1, 0.15) is 0 Å². The van der Waals surface area contributed by atoms with E-state index in [-0.39, 0.29) is 5.91 Å². The van der Waals surface area contributed by atoms with Gasteiger partial charge in [0.2, 0.25) is 0 Å². The lowest BCUT2D eigenvalue weighted by Crippen LogP contribution is -2.12. The fraction of sp³-hybridized carbons (Fsp3) is 0.444. The summed E-state index contributed by atoms with van der Waals surface area (Å²) in [6.45, 7) is 4.96. The number of nitrogens with zero attached hydrogens (tertiary/aromatic N) is 1. The zero-order chi connectivity index (χ0) is 9.14. The van der Waals surface area contributed by atoms with Gasteiger partial charge in [-0.3, -0.25) is 4.79 Å². The van der Waals surface area contributed by atoms with E-state index in [1.807, 2.05) is 17.7 Å². The van der Waals surface area contributed by atoms with Crippen LogP contribution in [0.5, 0.6) is 0 Å². The molecule has 1 heterocycles. The van der Waals surface area contributed by atoms with E-state index in [1.54, 1.807) is 6.07 Å². The van der Waals surface area contributed by atoms with E-state index < -0.39 is 0 Å². The number of nitrogens with two attached hydrogens (primary N) is 1. The molecule has 0 aliphatic rings. The highest BCUT2D eigenvalue weighted by Gasteiger charge is 2.07. The number of hydrogen-bond donors (Lipinski definition) is 1. The first-order valence-electron chi connectivity index (χ1n) is 4.12. The Hall–Kier alpha value is -1.25. The number of carbonyl (C=O) groups excluding carboxylic acids is 1. The summed E-state index contributed by atoms with van der Waals surface area (Å²) in [6, 6.07) is 1.77. The molecule has 66 valence electrons. The Bertz CT molecular complexity index is 289. The van der Waals surface area contributed by atoms with Gasteiger partial charge in [-0.2, -0.15) is 0 Å². The molecule has 3 heteroatoms. The van der Waals surface area contributed by atoms with Crippen LogP contribution >= 0.6 is 0 Å². The van der Waals surface area contributed by atoms with Gasteiger partial charge < -0.3 is 10.3 Å². The first-order valence-corrected chi connectivity index (χ1v) is 4.12. The first kappa shape index (κ1) is 8.84. The van der Waals surface area contributed by atoms with Gasteiger partial charge in [-0.25, -0.2) is 0 Å². The summed E-state index contributed by atoms with van der Waals surface area (Å²) in [5.41, 5.74) is 6.76. The summed E-state index contributed by atoms with van der Waals surface area (Å²) in [4.78, 5) is 10.8. The van der Waals surface area contributed by atoms with E-state index in [0.29, 0.717) is 5.56 Å². The average Bonchev–Trinajstić information content (AvgIpc) is 2.34. The highest BCUT2D eigenvalue weighted by Crippen LogP contribution is 2.09. The molecule has 0 bridgehead atoms. The van der Waals surface area contributed by atoms with Crippen LogP contribution in [0.1, 0.15) is 29.4 Å². The maximum atomic E-state index is 10.8. The van der Waals surface area contributed by atoms with Crippen LogP contribution in [-0.4, -0.2) is 10.5 Å². The third-order valence-electron chi connectivity index (χ3n) is 1.97. The fourth-order valence-electron chi connectivity index (χ4n) is 1.30. The topological polar surface area (TPSA) is 48.0 Å². The van der Waals surface area contributed by atoms with Crippen molar-refractivity contribution in [3.63, 3.8) is 0 Å². The highest BCUT2D eigenvalue weighted by atomic mass is 16.1. The summed E-state index contributed by atoms with van der Waals surface area (Å²) in [7, 11) is 0. The van der Waals surface area contributed by atoms with Gasteiger partial charge in [0.05, 0.1) is 5.56 Å². The van der Waals surface area contributed by atoms with Gasteiger partial charge in [0, 0.05) is 18.4 Å². The van der Waals surface area contributed by atoms with Gasteiger partial charge in [-0.05, 0) is 19.4 Å². The fourth-order valence-corrected chi connectivity index (χ4v) is 1.30. The second-order valence-corrected chi connectivity index (χ2v) is 2.87. The van der Waals surface area contributed by atoms with Crippen molar-refractivity contribution in [2.75, 3.05) is 0 Å². The molecule has 1 rings (SSSR count). The Kier molecular flexibility index (Phi) is 2.53. The normalized spacial score (nSPS) is 10.2. The Morgan fingerprint density at radius 2 is 2.33 bits per heavy atom. The zero-order valence-electron chi connectivity index (χ0n) is 7.50. The van der Waals surface area contributed by atoms with Crippen molar-refractivity contribution < 1.29 is 4.79 Å².